The van der Waals surface area contributed by atoms with E-state index in [9.17, 15) is 5.11 Å². The van der Waals surface area contributed by atoms with Gasteiger partial charge in [0.1, 0.15) is 0 Å². The monoisotopic (exact) mass is 301 g/mol. The molecular weight excluding hydrogens is 282 g/mol. The standard InChI is InChI=1S/C13H20BrNO2/c1-15(7-2-3-8-16)13(10-17)11-5-4-6-12(14)9-11/h4-6,9,13,16-17H,2-3,7-8,10H2,1H3. The minimum Gasteiger partial charge on any atom is -0.396 e. The number of hydrogen-bond acceptors (Lipinski definition) is 3. The highest BCUT2D eigenvalue weighted by molar-refractivity contribution is 9.10. The number of aliphatic hydroxyl groups is 2. The van der Waals surface area contributed by atoms with Gasteiger partial charge in [0.25, 0.3) is 0 Å². The van der Waals surface area contributed by atoms with E-state index in [2.05, 4.69) is 20.8 Å². The summed E-state index contributed by atoms with van der Waals surface area (Å²) in [6.45, 7) is 1.21. The van der Waals surface area contributed by atoms with Gasteiger partial charge in [0.2, 0.25) is 0 Å². The van der Waals surface area contributed by atoms with Gasteiger partial charge in [-0.2, -0.15) is 0 Å². The lowest BCUT2D eigenvalue weighted by Crippen LogP contribution is -2.28. The van der Waals surface area contributed by atoms with Crippen LogP contribution in [0.4, 0.5) is 0 Å². The Balaban J connectivity index is 2.63. The molecule has 1 rings (SSSR count). The zero-order valence-corrected chi connectivity index (χ0v) is 11.7. The topological polar surface area (TPSA) is 43.7 Å². The lowest BCUT2D eigenvalue weighted by atomic mass is 10.1. The second kappa shape index (κ2) is 7.82. The normalized spacial score (nSPS) is 13.0. The molecule has 0 aliphatic carbocycles. The predicted molar refractivity (Wildman–Crippen MR) is 72.9 cm³/mol. The summed E-state index contributed by atoms with van der Waals surface area (Å²) in [4.78, 5) is 2.12. The smallest absolute Gasteiger partial charge is 0.0628 e. The minimum absolute atomic E-state index is 0.0196. The summed E-state index contributed by atoms with van der Waals surface area (Å²) in [6, 6.07) is 8.02. The van der Waals surface area contributed by atoms with Crippen LogP contribution >= 0.6 is 15.9 Å². The summed E-state index contributed by atoms with van der Waals surface area (Å²) in [5, 5.41) is 18.2. The van der Waals surface area contributed by atoms with Gasteiger partial charge in [-0.05, 0) is 44.1 Å². The SMILES string of the molecule is CN(CCCCO)C(CO)c1cccc(Br)c1. The van der Waals surface area contributed by atoms with Gasteiger partial charge in [-0.15, -0.1) is 0 Å². The maximum Gasteiger partial charge on any atom is 0.0628 e. The van der Waals surface area contributed by atoms with Crippen molar-refractivity contribution in [2.24, 2.45) is 0 Å². The fourth-order valence-corrected chi connectivity index (χ4v) is 2.26. The molecule has 0 aliphatic rings. The first-order valence-electron chi connectivity index (χ1n) is 5.86. The van der Waals surface area contributed by atoms with Crippen LogP contribution < -0.4 is 0 Å². The third-order valence-electron chi connectivity index (χ3n) is 2.86. The van der Waals surface area contributed by atoms with Crippen molar-refractivity contribution in [2.45, 2.75) is 18.9 Å². The molecule has 96 valence electrons. The molecule has 3 nitrogen and oxygen atoms in total. The summed E-state index contributed by atoms with van der Waals surface area (Å²) >= 11 is 3.44. The van der Waals surface area contributed by atoms with E-state index in [0.29, 0.717) is 0 Å². The summed E-state index contributed by atoms with van der Waals surface area (Å²) in [5.74, 6) is 0. The number of unbranched alkanes of at least 4 members (excludes halogenated alkanes) is 1. The van der Waals surface area contributed by atoms with E-state index >= 15 is 0 Å². The van der Waals surface area contributed by atoms with Crippen LogP contribution in [0.2, 0.25) is 0 Å². The van der Waals surface area contributed by atoms with E-state index < -0.39 is 0 Å². The molecule has 0 radical (unpaired) electrons. The molecule has 1 aromatic rings. The minimum atomic E-state index is 0.0196. The zero-order chi connectivity index (χ0) is 12.7. The maximum absolute atomic E-state index is 9.49. The molecule has 0 heterocycles. The van der Waals surface area contributed by atoms with Gasteiger partial charge in [-0.25, -0.2) is 0 Å². The Bertz CT molecular complexity index is 333. The first kappa shape index (κ1) is 14.6. The average Bonchev–Trinajstić information content (AvgIpc) is 2.30. The highest BCUT2D eigenvalue weighted by Crippen LogP contribution is 2.22. The molecule has 17 heavy (non-hydrogen) atoms. The van der Waals surface area contributed by atoms with Crippen LogP contribution in [0.1, 0.15) is 24.4 Å². The number of likely N-dealkylation sites (N-methyl/N-ethyl adjacent to an activating group) is 1. The third-order valence-corrected chi connectivity index (χ3v) is 3.35. The Labute approximate surface area is 111 Å². The van der Waals surface area contributed by atoms with Gasteiger partial charge in [0.05, 0.1) is 12.6 Å². The quantitative estimate of drug-likeness (QED) is 0.759. The van der Waals surface area contributed by atoms with E-state index in [1.807, 2.05) is 31.3 Å². The third kappa shape index (κ3) is 4.76. The first-order valence-corrected chi connectivity index (χ1v) is 6.65. The van der Waals surface area contributed by atoms with E-state index in [-0.39, 0.29) is 19.3 Å². The van der Waals surface area contributed by atoms with E-state index in [1.54, 1.807) is 0 Å². The Hall–Kier alpha value is -0.420. The Morgan fingerprint density at radius 1 is 1.29 bits per heavy atom. The molecule has 0 spiro atoms. The Morgan fingerprint density at radius 2 is 2.06 bits per heavy atom. The van der Waals surface area contributed by atoms with E-state index in [4.69, 9.17) is 5.11 Å². The van der Waals surface area contributed by atoms with Crippen LogP contribution in [0, 0.1) is 0 Å². The number of halogens is 1. The number of benzene rings is 1. The van der Waals surface area contributed by atoms with Crippen molar-refractivity contribution < 1.29 is 10.2 Å². The summed E-state index contributed by atoms with van der Waals surface area (Å²) in [6.07, 6.45) is 1.75. The van der Waals surface area contributed by atoms with E-state index in [1.165, 1.54) is 0 Å². The molecule has 0 aromatic heterocycles. The van der Waals surface area contributed by atoms with Crippen molar-refractivity contribution >= 4 is 15.9 Å². The lowest BCUT2D eigenvalue weighted by molar-refractivity contribution is 0.143. The molecule has 1 unspecified atom stereocenters. The molecule has 0 saturated carbocycles. The molecule has 0 amide bonds. The molecule has 1 aromatic carbocycles. The molecular formula is C13H20BrNO2. The van der Waals surface area contributed by atoms with Crippen LogP contribution in [0.3, 0.4) is 0 Å². The lowest BCUT2D eigenvalue weighted by Gasteiger charge is -2.26. The van der Waals surface area contributed by atoms with Crippen molar-refractivity contribution in [2.75, 3.05) is 26.8 Å². The molecule has 0 bridgehead atoms. The molecule has 2 N–H and O–H groups in total. The van der Waals surface area contributed by atoms with Crippen LogP contribution in [0.25, 0.3) is 0 Å². The van der Waals surface area contributed by atoms with Crippen LogP contribution in [-0.4, -0.2) is 41.9 Å². The number of rotatable bonds is 7. The highest BCUT2D eigenvalue weighted by atomic mass is 79.9. The van der Waals surface area contributed by atoms with Gasteiger partial charge in [-0.1, -0.05) is 28.1 Å². The van der Waals surface area contributed by atoms with Crippen molar-refractivity contribution in [3.8, 4) is 0 Å². The second-order valence-electron chi connectivity index (χ2n) is 4.16. The van der Waals surface area contributed by atoms with E-state index in [0.717, 1.165) is 29.4 Å². The van der Waals surface area contributed by atoms with Gasteiger partial charge in [0, 0.05) is 11.1 Å². The number of hydrogen-bond donors (Lipinski definition) is 2. The second-order valence-corrected chi connectivity index (χ2v) is 5.08. The number of aliphatic hydroxyl groups excluding tert-OH is 2. The van der Waals surface area contributed by atoms with Gasteiger partial charge >= 0.3 is 0 Å². The maximum atomic E-state index is 9.49. The van der Waals surface area contributed by atoms with Crippen LogP contribution in [-0.2, 0) is 0 Å². The first-order chi connectivity index (χ1) is 8.19. The van der Waals surface area contributed by atoms with Crippen molar-refractivity contribution in [3.63, 3.8) is 0 Å². The van der Waals surface area contributed by atoms with Crippen molar-refractivity contribution in [3.05, 3.63) is 34.3 Å². The largest absolute Gasteiger partial charge is 0.396 e. The highest BCUT2D eigenvalue weighted by Gasteiger charge is 2.15. The summed E-state index contributed by atoms with van der Waals surface area (Å²) < 4.78 is 1.03. The molecule has 4 heteroatoms. The van der Waals surface area contributed by atoms with Gasteiger partial charge < -0.3 is 10.2 Å². The molecule has 0 fully saturated rings. The van der Waals surface area contributed by atoms with Crippen LogP contribution in [0.15, 0.2) is 28.7 Å². The zero-order valence-electron chi connectivity index (χ0n) is 10.1. The van der Waals surface area contributed by atoms with Gasteiger partial charge in [0.15, 0.2) is 0 Å². The molecule has 0 saturated heterocycles. The van der Waals surface area contributed by atoms with Crippen molar-refractivity contribution in [1.29, 1.82) is 0 Å². The van der Waals surface area contributed by atoms with Crippen molar-refractivity contribution in [1.82, 2.24) is 4.90 Å². The fraction of sp³-hybridized carbons (Fsp3) is 0.538. The summed E-state index contributed by atoms with van der Waals surface area (Å²) in [5.41, 5.74) is 1.10. The Morgan fingerprint density at radius 3 is 2.65 bits per heavy atom. The molecule has 1 atom stereocenters. The summed E-state index contributed by atoms with van der Waals surface area (Å²) in [7, 11) is 2.00. The predicted octanol–water partition coefficient (Wildman–Crippen LogP) is 2.19. The number of nitrogens with zero attached hydrogens (tertiary/aromatic N) is 1. The molecule has 0 aliphatic heterocycles. The van der Waals surface area contributed by atoms with Crippen LogP contribution in [0.5, 0.6) is 0 Å². The average molecular weight is 302 g/mol. The van der Waals surface area contributed by atoms with Gasteiger partial charge in [-0.3, -0.25) is 4.90 Å². The fourth-order valence-electron chi connectivity index (χ4n) is 1.84. The Kier molecular flexibility index (Phi) is 6.73.